The highest BCUT2D eigenvalue weighted by molar-refractivity contribution is 6.30. The molecule has 3 heterocycles. The van der Waals surface area contributed by atoms with Gasteiger partial charge in [0.05, 0.1) is 23.1 Å². The molecule has 0 saturated carbocycles. The van der Waals surface area contributed by atoms with Gasteiger partial charge in [-0.05, 0) is 54.3 Å². The molecule has 7 nitrogen and oxygen atoms in total. The van der Waals surface area contributed by atoms with Gasteiger partial charge in [0.25, 0.3) is 5.91 Å². The van der Waals surface area contributed by atoms with Crippen molar-refractivity contribution in [3.05, 3.63) is 89.1 Å². The number of pyridine rings is 1. The number of carbonyl (C=O) groups excluding carboxylic acids is 1. The lowest BCUT2D eigenvalue weighted by Gasteiger charge is -2.12. The summed E-state index contributed by atoms with van der Waals surface area (Å²) in [6.07, 6.45) is 7.85. The molecular formula is C23H23ClN6O. The molecule has 0 aliphatic carbocycles. The molecule has 0 fully saturated rings. The third kappa shape index (κ3) is 4.83. The standard InChI is InChI=1S/C23H23ClN6O/c1-16(2)22-20(15-26-30(22)19-5-3-18(24)4-6-19)23(31)27-21-10-14-29(28-21)13-9-17-7-11-25-12-8-17/h3-8,10-12,14-16H,9,13H2,1-2H3,(H,27,28,31). The van der Waals surface area contributed by atoms with Crippen LogP contribution in [0.4, 0.5) is 5.82 Å². The zero-order valence-corrected chi connectivity index (χ0v) is 18.1. The van der Waals surface area contributed by atoms with Crippen molar-refractivity contribution in [3.8, 4) is 5.69 Å². The highest BCUT2D eigenvalue weighted by atomic mass is 35.5. The van der Waals surface area contributed by atoms with E-state index in [0.29, 0.717) is 22.9 Å². The molecule has 1 aromatic carbocycles. The maximum absolute atomic E-state index is 13.0. The Hall–Kier alpha value is -3.45. The predicted molar refractivity (Wildman–Crippen MR) is 121 cm³/mol. The molecule has 0 bridgehead atoms. The van der Waals surface area contributed by atoms with Gasteiger partial charge in [-0.1, -0.05) is 25.4 Å². The summed E-state index contributed by atoms with van der Waals surface area (Å²) in [6, 6.07) is 13.1. The zero-order chi connectivity index (χ0) is 21.8. The maximum Gasteiger partial charge on any atom is 0.260 e. The Morgan fingerprint density at radius 3 is 2.55 bits per heavy atom. The SMILES string of the molecule is CC(C)c1c(C(=O)Nc2ccn(CCc3ccncc3)n2)cnn1-c1ccc(Cl)cc1. The summed E-state index contributed by atoms with van der Waals surface area (Å²) in [5, 5.41) is 12.5. The van der Waals surface area contributed by atoms with E-state index in [2.05, 4.69) is 20.5 Å². The number of hydrogen-bond donors (Lipinski definition) is 1. The van der Waals surface area contributed by atoms with E-state index in [9.17, 15) is 4.79 Å². The van der Waals surface area contributed by atoms with E-state index < -0.39 is 0 Å². The van der Waals surface area contributed by atoms with Gasteiger partial charge >= 0.3 is 0 Å². The van der Waals surface area contributed by atoms with E-state index in [1.165, 1.54) is 5.56 Å². The van der Waals surface area contributed by atoms with Crippen LogP contribution in [0.5, 0.6) is 0 Å². The van der Waals surface area contributed by atoms with Crippen LogP contribution in [-0.2, 0) is 13.0 Å². The van der Waals surface area contributed by atoms with Gasteiger partial charge in [0.2, 0.25) is 0 Å². The van der Waals surface area contributed by atoms with Crippen LogP contribution in [0.2, 0.25) is 5.02 Å². The number of carbonyl (C=O) groups is 1. The monoisotopic (exact) mass is 434 g/mol. The van der Waals surface area contributed by atoms with Crippen LogP contribution in [0.25, 0.3) is 5.69 Å². The topological polar surface area (TPSA) is 77.6 Å². The van der Waals surface area contributed by atoms with Gasteiger partial charge in [0.15, 0.2) is 5.82 Å². The summed E-state index contributed by atoms with van der Waals surface area (Å²) in [6.45, 7) is 4.79. The normalized spacial score (nSPS) is 11.1. The number of benzene rings is 1. The van der Waals surface area contributed by atoms with Crippen LogP contribution >= 0.6 is 11.6 Å². The minimum atomic E-state index is -0.233. The van der Waals surface area contributed by atoms with E-state index in [4.69, 9.17) is 11.6 Å². The van der Waals surface area contributed by atoms with Crippen molar-refractivity contribution in [1.29, 1.82) is 0 Å². The Kier molecular flexibility index (Phi) is 6.13. The van der Waals surface area contributed by atoms with E-state index in [1.54, 1.807) is 41.5 Å². The van der Waals surface area contributed by atoms with Crippen LogP contribution in [0.3, 0.4) is 0 Å². The molecule has 158 valence electrons. The van der Waals surface area contributed by atoms with Gasteiger partial charge in [0.1, 0.15) is 0 Å². The number of halogens is 1. The number of amides is 1. The Labute approximate surface area is 185 Å². The van der Waals surface area contributed by atoms with E-state index >= 15 is 0 Å². The predicted octanol–water partition coefficient (Wildman–Crippen LogP) is 4.74. The first kappa shape index (κ1) is 20.8. The summed E-state index contributed by atoms with van der Waals surface area (Å²) < 4.78 is 3.60. The van der Waals surface area contributed by atoms with Crippen LogP contribution < -0.4 is 5.32 Å². The molecule has 4 aromatic rings. The molecule has 1 N–H and O–H groups in total. The van der Waals surface area contributed by atoms with E-state index in [1.807, 2.05) is 49.0 Å². The first-order chi connectivity index (χ1) is 15.0. The lowest BCUT2D eigenvalue weighted by molar-refractivity contribution is 0.102. The third-order valence-electron chi connectivity index (χ3n) is 4.93. The Morgan fingerprint density at radius 2 is 1.84 bits per heavy atom. The number of rotatable bonds is 7. The van der Waals surface area contributed by atoms with Gasteiger partial charge in [0, 0.05) is 36.2 Å². The quantitative estimate of drug-likeness (QED) is 0.456. The molecule has 0 radical (unpaired) electrons. The Morgan fingerprint density at radius 1 is 1.10 bits per heavy atom. The Bertz CT molecular complexity index is 1160. The second-order valence-electron chi connectivity index (χ2n) is 7.51. The highest BCUT2D eigenvalue weighted by Gasteiger charge is 2.21. The smallest absolute Gasteiger partial charge is 0.260 e. The number of aryl methyl sites for hydroxylation is 2. The van der Waals surface area contributed by atoms with Crippen LogP contribution in [0, 0.1) is 0 Å². The highest BCUT2D eigenvalue weighted by Crippen LogP contribution is 2.24. The maximum atomic E-state index is 13.0. The summed E-state index contributed by atoms with van der Waals surface area (Å²) in [4.78, 5) is 17.0. The first-order valence-corrected chi connectivity index (χ1v) is 10.5. The Balaban J connectivity index is 1.49. The third-order valence-corrected chi connectivity index (χ3v) is 5.18. The largest absolute Gasteiger partial charge is 0.305 e. The second-order valence-corrected chi connectivity index (χ2v) is 7.95. The minimum Gasteiger partial charge on any atom is -0.305 e. The second kappa shape index (κ2) is 9.14. The molecule has 0 spiro atoms. The van der Waals surface area contributed by atoms with Gasteiger partial charge < -0.3 is 5.32 Å². The minimum absolute atomic E-state index is 0.0943. The van der Waals surface area contributed by atoms with Crippen LogP contribution in [0.15, 0.2) is 67.3 Å². The van der Waals surface area contributed by atoms with Gasteiger partial charge in [-0.2, -0.15) is 10.2 Å². The molecule has 4 rings (SSSR count). The van der Waals surface area contributed by atoms with Crippen molar-refractivity contribution in [2.75, 3.05) is 5.32 Å². The number of anilines is 1. The summed E-state index contributed by atoms with van der Waals surface area (Å²) >= 11 is 6.00. The van der Waals surface area contributed by atoms with Crippen molar-refractivity contribution < 1.29 is 4.79 Å². The molecule has 0 aliphatic rings. The van der Waals surface area contributed by atoms with Crippen LogP contribution in [-0.4, -0.2) is 30.5 Å². The number of aromatic nitrogens is 5. The molecular weight excluding hydrogens is 412 g/mol. The van der Waals surface area contributed by atoms with Crippen molar-refractivity contribution in [1.82, 2.24) is 24.5 Å². The molecule has 0 atom stereocenters. The van der Waals surface area contributed by atoms with Gasteiger partial charge in [-0.15, -0.1) is 0 Å². The van der Waals surface area contributed by atoms with Gasteiger partial charge in [-0.3, -0.25) is 14.5 Å². The number of nitrogens with one attached hydrogen (secondary N) is 1. The van der Waals surface area contributed by atoms with Crippen LogP contribution in [0.1, 0.15) is 41.4 Å². The molecule has 0 aliphatic heterocycles. The number of hydrogen-bond acceptors (Lipinski definition) is 4. The molecule has 3 aromatic heterocycles. The zero-order valence-electron chi connectivity index (χ0n) is 17.4. The summed E-state index contributed by atoms with van der Waals surface area (Å²) in [7, 11) is 0. The summed E-state index contributed by atoms with van der Waals surface area (Å²) in [5.74, 6) is 0.369. The molecule has 1 amide bonds. The van der Waals surface area contributed by atoms with Crippen molar-refractivity contribution in [2.45, 2.75) is 32.7 Å². The van der Waals surface area contributed by atoms with Crippen molar-refractivity contribution >= 4 is 23.3 Å². The average Bonchev–Trinajstić information content (AvgIpc) is 3.41. The molecule has 0 unspecified atom stereocenters. The molecule has 0 saturated heterocycles. The van der Waals surface area contributed by atoms with Gasteiger partial charge in [-0.25, -0.2) is 4.68 Å². The first-order valence-electron chi connectivity index (χ1n) is 10.1. The lowest BCUT2D eigenvalue weighted by atomic mass is 10.1. The average molecular weight is 435 g/mol. The van der Waals surface area contributed by atoms with Crippen molar-refractivity contribution in [2.24, 2.45) is 0 Å². The number of nitrogens with zero attached hydrogens (tertiary/aromatic N) is 5. The van der Waals surface area contributed by atoms with Crippen molar-refractivity contribution in [3.63, 3.8) is 0 Å². The molecule has 31 heavy (non-hydrogen) atoms. The fourth-order valence-corrected chi connectivity index (χ4v) is 3.53. The van der Waals surface area contributed by atoms with E-state index in [0.717, 1.165) is 17.8 Å². The molecule has 8 heteroatoms. The fraction of sp³-hybridized carbons (Fsp3) is 0.217. The fourth-order valence-electron chi connectivity index (χ4n) is 3.41. The van der Waals surface area contributed by atoms with E-state index in [-0.39, 0.29) is 11.8 Å². The lowest BCUT2D eigenvalue weighted by Crippen LogP contribution is -2.16. The summed E-state index contributed by atoms with van der Waals surface area (Å²) in [5.41, 5.74) is 3.40.